The zero-order valence-electron chi connectivity index (χ0n) is 16.8. The summed E-state index contributed by atoms with van der Waals surface area (Å²) in [7, 11) is 3.49. The second-order valence-corrected chi connectivity index (χ2v) is 7.26. The molecule has 0 saturated carbocycles. The lowest BCUT2D eigenvalue weighted by Gasteiger charge is -2.07. The van der Waals surface area contributed by atoms with Gasteiger partial charge in [-0.15, -0.1) is 0 Å². The summed E-state index contributed by atoms with van der Waals surface area (Å²) in [5.41, 5.74) is 3.65. The van der Waals surface area contributed by atoms with Gasteiger partial charge in [0, 0.05) is 59.7 Å². The molecule has 0 radical (unpaired) electrons. The molecule has 0 saturated heterocycles. The largest absolute Gasteiger partial charge is 0.508 e. The highest BCUT2D eigenvalue weighted by Gasteiger charge is 2.31. The molecule has 0 atom stereocenters. The van der Waals surface area contributed by atoms with Crippen molar-refractivity contribution in [3.05, 3.63) is 71.7 Å². The van der Waals surface area contributed by atoms with Crippen molar-refractivity contribution >= 4 is 22.8 Å². The summed E-state index contributed by atoms with van der Waals surface area (Å²) in [6.07, 6.45) is 5.31. The number of ether oxygens (including phenoxy) is 2. The zero-order chi connectivity index (χ0) is 21.7. The van der Waals surface area contributed by atoms with E-state index >= 15 is 0 Å². The molecule has 0 fully saturated rings. The van der Waals surface area contributed by atoms with Crippen molar-refractivity contribution in [2.45, 2.75) is 0 Å². The van der Waals surface area contributed by atoms with E-state index in [0.717, 1.165) is 33.7 Å². The van der Waals surface area contributed by atoms with E-state index in [-0.39, 0.29) is 28.6 Å². The molecule has 2 N–H and O–H groups in total. The molecule has 2 aromatic heterocycles. The first-order valence-corrected chi connectivity index (χ1v) is 9.55. The van der Waals surface area contributed by atoms with Gasteiger partial charge >= 0.3 is 0 Å². The number of pyridine rings is 1. The smallest absolute Gasteiger partial charge is 0.235 e. The van der Waals surface area contributed by atoms with Crippen LogP contribution in [0.3, 0.4) is 0 Å². The first kappa shape index (κ1) is 18.7. The van der Waals surface area contributed by atoms with E-state index in [1.807, 2.05) is 42.1 Å². The molecule has 1 aliphatic rings. The van der Waals surface area contributed by atoms with Crippen LogP contribution in [0, 0.1) is 0 Å². The first-order valence-electron chi connectivity index (χ1n) is 9.55. The Morgan fingerprint density at radius 3 is 2.74 bits per heavy atom. The molecule has 5 rings (SSSR count). The Hall–Kier alpha value is -4.26. The molecule has 2 aromatic carbocycles. The van der Waals surface area contributed by atoms with Gasteiger partial charge in [-0.3, -0.25) is 4.79 Å². The number of ketones is 1. The number of aryl methyl sites for hydroxylation is 1. The number of allylic oxidation sites excluding steroid dienone is 1. The highest BCUT2D eigenvalue weighted by Crippen LogP contribution is 2.41. The number of carbonyl (C=O) groups excluding carboxylic acids is 1. The molecule has 0 unspecified atom stereocenters. The van der Waals surface area contributed by atoms with Gasteiger partial charge in [-0.2, -0.15) is 0 Å². The summed E-state index contributed by atoms with van der Waals surface area (Å²) in [6, 6.07) is 12.1. The Kier molecular flexibility index (Phi) is 4.18. The number of fused-ring (bicyclic) bond motifs is 2. The average molecular weight is 414 g/mol. The Morgan fingerprint density at radius 1 is 1.16 bits per heavy atom. The predicted molar refractivity (Wildman–Crippen MR) is 115 cm³/mol. The number of phenolic OH excluding ortho intramolecular Hbond substituents is 2. The maximum atomic E-state index is 12.8. The third-order valence-electron chi connectivity index (χ3n) is 5.32. The van der Waals surface area contributed by atoms with Crippen LogP contribution in [-0.2, 0) is 7.05 Å². The van der Waals surface area contributed by atoms with Gasteiger partial charge in [-0.1, -0.05) is 12.1 Å². The number of methoxy groups -OCH3 is 1. The highest BCUT2D eigenvalue weighted by molar-refractivity contribution is 6.17. The normalized spacial score (nSPS) is 14.1. The van der Waals surface area contributed by atoms with E-state index in [9.17, 15) is 15.0 Å². The average Bonchev–Trinajstić information content (AvgIpc) is 3.25. The van der Waals surface area contributed by atoms with Crippen molar-refractivity contribution in [1.29, 1.82) is 0 Å². The van der Waals surface area contributed by atoms with Crippen LogP contribution in [0.2, 0.25) is 0 Å². The van der Waals surface area contributed by atoms with Crippen LogP contribution in [0.15, 0.2) is 60.6 Å². The van der Waals surface area contributed by atoms with Crippen LogP contribution in [0.25, 0.3) is 28.1 Å². The molecule has 4 aromatic rings. The number of Topliss-reactive ketones (excluding diaryl/α,β-unsaturated/α-hetero) is 1. The Morgan fingerprint density at radius 2 is 2.00 bits per heavy atom. The Bertz CT molecular complexity index is 1380. The van der Waals surface area contributed by atoms with Crippen molar-refractivity contribution in [3.8, 4) is 34.3 Å². The highest BCUT2D eigenvalue weighted by atomic mass is 16.5. The fraction of sp³-hybridized carbons (Fsp3) is 0.0833. The number of benzene rings is 2. The summed E-state index contributed by atoms with van der Waals surface area (Å²) >= 11 is 0. The van der Waals surface area contributed by atoms with Crippen LogP contribution in [0.1, 0.15) is 15.9 Å². The molecule has 3 heterocycles. The molecule has 0 bridgehead atoms. The Labute approximate surface area is 177 Å². The van der Waals surface area contributed by atoms with Gasteiger partial charge in [0.15, 0.2) is 5.76 Å². The van der Waals surface area contributed by atoms with Crippen LogP contribution in [0.5, 0.6) is 23.1 Å². The van der Waals surface area contributed by atoms with E-state index in [2.05, 4.69) is 4.98 Å². The van der Waals surface area contributed by atoms with Crippen molar-refractivity contribution in [1.82, 2.24) is 9.55 Å². The van der Waals surface area contributed by atoms with Gasteiger partial charge in [0.2, 0.25) is 11.7 Å². The van der Waals surface area contributed by atoms with E-state index in [4.69, 9.17) is 9.47 Å². The van der Waals surface area contributed by atoms with Crippen molar-refractivity contribution < 1.29 is 24.5 Å². The van der Waals surface area contributed by atoms with Gasteiger partial charge in [0.1, 0.15) is 22.8 Å². The van der Waals surface area contributed by atoms with Gasteiger partial charge in [0.25, 0.3) is 0 Å². The third kappa shape index (κ3) is 2.98. The predicted octanol–water partition coefficient (Wildman–Crippen LogP) is 4.28. The fourth-order valence-corrected chi connectivity index (χ4v) is 3.91. The number of nitrogens with zero attached hydrogens (tertiary/aromatic N) is 2. The molecule has 1 aliphatic heterocycles. The monoisotopic (exact) mass is 414 g/mol. The van der Waals surface area contributed by atoms with Crippen LogP contribution >= 0.6 is 0 Å². The standard InChI is InChI=1S/C24H18N2O5/c1-26-12-14(8-20-24(29)23-18(28)9-15(27)10-19(23)31-20)22-16(4-3-5-17(22)26)13-6-7-21(30-2)25-11-13/h3-12,27-28H,1-2H3/b20-8-. The molecule has 31 heavy (non-hydrogen) atoms. The molecular weight excluding hydrogens is 396 g/mol. The summed E-state index contributed by atoms with van der Waals surface area (Å²) in [5.74, 6) is -0.194. The number of hydrogen-bond donors (Lipinski definition) is 2. The lowest BCUT2D eigenvalue weighted by molar-refractivity contribution is 0.101. The summed E-state index contributed by atoms with van der Waals surface area (Å²) in [6.45, 7) is 0. The minimum absolute atomic E-state index is 0.0452. The number of rotatable bonds is 3. The minimum Gasteiger partial charge on any atom is -0.508 e. The van der Waals surface area contributed by atoms with Crippen molar-refractivity contribution in [3.63, 3.8) is 0 Å². The molecular formula is C24H18N2O5. The number of carbonyl (C=O) groups is 1. The van der Waals surface area contributed by atoms with E-state index in [1.54, 1.807) is 25.4 Å². The van der Waals surface area contributed by atoms with Crippen molar-refractivity contribution in [2.24, 2.45) is 7.05 Å². The topological polar surface area (TPSA) is 93.8 Å². The van der Waals surface area contributed by atoms with Gasteiger partial charge < -0.3 is 24.3 Å². The second-order valence-electron chi connectivity index (χ2n) is 7.26. The molecule has 0 amide bonds. The Balaban J connectivity index is 1.66. The van der Waals surface area contributed by atoms with E-state index < -0.39 is 5.78 Å². The molecule has 0 spiro atoms. The fourth-order valence-electron chi connectivity index (χ4n) is 3.91. The minimum atomic E-state index is -0.437. The summed E-state index contributed by atoms with van der Waals surface area (Å²) in [5, 5.41) is 20.7. The SMILES string of the molecule is COc1ccc(-c2cccc3c2c(/C=C2\Oc4cc(O)cc(O)c4C2=O)cn3C)cn1. The van der Waals surface area contributed by atoms with Crippen LogP contribution in [-0.4, -0.2) is 32.7 Å². The lowest BCUT2D eigenvalue weighted by Crippen LogP contribution is -1.98. The second kappa shape index (κ2) is 6.91. The van der Waals surface area contributed by atoms with Gasteiger partial charge in [0.05, 0.1) is 7.11 Å². The van der Waals surface area contributed by atoms with E-state index in [1.165, 1.54) is 6.07 Å². The zero-order valence-corrected chi connectivity index (χ0v) is 16.8. The number of phenols is 2. The van der Waals surface area contributed by atoms with E-state index in [0.29, 0.717) is 5.88 Å². The quantitative estimate of drug-likeness (QED) is 0.486. The van der Waals surface area contributed by atoms with Crippen molar-refractivity contribution in [2.75, 3.05) is 7.11 Å². The summed E-state index contributed by atoms with van der Waals surface area (Å²) < 4.78 is 12.8. The number of aromatic nitrogens is 2. The van der Waals surface area contributed by atoms with Gasteiger partial charge in [-0.25, -0.2) is 4.98 Å². The van der Waals surface area contributed by atoms with Gasteiger partial charge in [-0.05, 0) is 23.8 Å². The molecule has 154 valence electrons. The maximum Gasteiger partial charge on any atom is 0.235 e. The van der Waals surface area contributed by atoms with Crippen LogP contribution < -0.4 is 9.47 Å². The first-order chi connectivity index (χ1) is 15.0. The maximum absolute atomic E-state index is 12.8. The summed E-state index contributed by atoms with van der Waals surface area (Å²) in [4.78, 5) is 17.1. The molecule has 0 aliphatic carbocycles. The third-order valence-corrected chi connectivity index (χ3v) is 5.32. The number of aromatic hydroxyl groups is 2. The number of hydrogen-bond acceptors (Lipinski definition) is 6. The molecule has 7 heteroatoms. The lowest BCUT2D eigenvalue weighted by atomic mass is 9.99. The van der Waals surface area contributed by atoms with Crippen LogP contribution in [0.4, 0.5) is 0 Å². The molecule has 7 nitrogen and oxygen atoms in total.